The molecule has 1 heteroatoms. The van der Waals surface area contributed by atoms with Gasteiger partial charge in [0.2, 0.25) is 0 Å². The van der Waals surface area contributed by atoms with Crippen LogP contribution in [0.2, 0.25) is 0 Å². The van der Waals surface area contributed by atoms with Gasteiger partial charge in [-0.1, -0.05) is 44.1 Å². The fourth-order valence-electron chi connectivity index (χ4n) is 1.52. The molecule has 0 spiro atoms. The quantitative estimate of drug-likeness (QED) is 0.487. The van der Waals surface area contributed by atoms with Crippen LogP contribution in [0, 0.1) is 0 Å². The first-order chi connectivity index (χ1) is 7.86. The van der Waals surface area contributed by atoms with Crippen LogP contribution in [0.15, 0.2) is 36.4 Å². The summed E-state index contributed by atoms with van der Waals surface area (Å²) in [6.45, 7) is 5.09. The second-order valence-electron chi connectivity index (χ2n) is 3.97. The van der Waals surface area contributed by atoms with Crippen LogP contribution in [0.4, 0.5) is 0 Å². The molecule has 88 valence electrons. The third kappa shape index (κ3) is 5.01. The van der Waals surface area contributed by atoms with Crippen molar-refractivity contribution in [1.29, 1.82) is 0 Å². The zero-order valence-electron chi connectivity index (χ0n) is 10.4. The standard InChI is InChI=1S/C15H22O/c1-3-5-7-13-16-15-11-9-14(10-12-15)8-6-4-2/h4,6,9-12H,3,5,7-8,13H2,1-2H3. The molecule has 0 atom stereocenters. The number of ether oxygens (including phenoxy) is 1. The lowest BCUT2D eigenvalue weighted by atomic mass is 10.1. The van der Waals surface area contributed by atoms with Crippen molar-refractivity contribution in [3.63, 3.8) is 0 Å². The molecule has 0 heterocycles. The maximum absolute atomic E-state index is 5.65. The molecule has 0 bridgehead atoms. The third-order valence-corrected chi connectivity index (χ3v) is 2.53. The van der Waals surface area contributed by atoms with Crippen LogP contribution in [0.1, 0.15) is 38.7 Å². The van der Waals surface area contributed by atoms with Gasteiger partial charge in [-0.15, -0.1) is 0 Å². The Kier molecular flexibility index (Phi) is 6.39. The van der Waals surface area contributed by atoms with E-state index < -0.39 is 0 Å². The SMILES string of the molecule is CC=CCc1ccc(OCCCCC)cc1. The van der Waals surface area contributed by atoms with E-state index in [0.29, 0.717) is 0 Å². The van der Waals surface area contributed by atoms with Crippen molar-refractivity contribution in [2.24, 2.45) is 0 Å². The molecule has 1 aromatic carbocycles. The Morgan fingerprint density at radius 3 is 2.50 bits per heavy atom. The van der Waals surface area contributed by atoms with Gasteiger partial charge >= 0.3 is 0 Å². The lowest BCUT2D eigenvalue weighted by molar-refractivity contribution is 0.306. The first-order valence-corrected chi connectivity index (χ1v) is 6.19. The first-order valence-electron chi connectivity index (χ1n) is 6.19. The van der Waals surface area contributed by atoms with Crippen LogP contribution >= 0.6 is 0 Å². The van der Waals surface area contributed by atoms with Gasteiger partial charge in [0, 0.05) is 0 Å². The molecule has 0 unspecified atom stereocenters. The summed E-state index contributed by atoms with van der Waals surface area (Å²) >= 11 is 0. The van der Waals surface area contributed by atoms with Crippen molar-refractivity contribution in [3.8, 4) is 5.75 Å². The highest BCUT2D eigenvalue weighted by Gasteiger charge is 1.94. The Morgan fingerprint density at radius 2 is 1.88 bits per heavy atom. The van der Waals surface area contributed by atoms with Gasteiger partial charge in [-0.2, -0.15) is 0 Å². The minimum Gasteiger partial charge on any atom is -0.494 e. The van der Waals surface area contributed by atoms with Crippen molar-refractivity contribution in [1.82, 2.24) is 0 Å². The molecule has 0 saturated heterocycles. The maximum Gasteiger partial charge on any atom is 0.119 e. The normalized spacial score (nSPS) is 10.9. The summed E-state index contributed by atoms with van der Waals surface area (Å²) in [5.41, 5.74) is 1.33. The van der Waals surface area contributed by atoms with Crippen molar-refractivity contribution < 1.29 is 4.74 Å². The Labute approximate surface area is 99.1 Å². The fourth-order valence-corrected chi connectivity index (χ4v) is 1.52. The van der Waals surface area contributed by atoms with E-state index in [1.807, 2.05) is 6.92 Å². The summed E-state index contributed by atoms with van der Waals surface area (Å²) in [6, 6.07) is 8.39. The number of allylic oxidation sites excluding steroid dienone is 2. The van der Waals surface area contributed by atoms with Crippen LogP contribution in [-0.2, 0) is 6.42 Å². The van der Waals surface area contributed by atoms with Gasteiger partial charge in [0.1, 0.15) is 5.75 Å². The molecule has 0 aliphatic heterocycles. The van der Waals surface area contributed by atoms with E-state index in [-0.39, 0.29) is 0 Å². The fraction of sp³-hybridized carbons (Fsp3) is 0.467. The molecule has 1 nitrogen and oxygen atoms in total. The number of hydrogen-bond acceptors (Lipinski definition) is 1. The smallest absolute Gasteiger partial charge is 0.119 e. The monoisotopic (exact) mass is 218 g/mol. The van der Waals surface area contributed by atoms with E-state index in [2.05, 4.69) is 43.3 Å². The largest absolute Gasteiger partial charge is 0.494 e. The minimum absolute atomic E-state index is 0.835. The van der Waals surface area contributed by atoms with Crippen molar-refractivity contribution in [2.45, 2.75) is 39.5 Å². The maximum atomic E-state index is 5.65. The van der Waals surface area contributed by atoms with Crippen LogP contribution in [0.3, 0.4) is 0 Å². The molecule has 0 saturated carbocycles. The highest BCUT2D eigenvalue weighted by atomic mass is 16.5. The first kappa shape index (κ1) is 12.8. The van der Waals surface area contributed by atoms with Crippen molar-refractivity contribution >= 4 is 0 Å². The molecule has 0 aromatic heterocycles. The average molecular weight is 218 g/mol. The highest BCUT2D eigenvalue weighted by Crippen LogP contribution is 2.13. The van der Waals surface area contributed by atoms with Gasteiger partial charge in [-0.25, -0.2) is 0 Å². The van der Waals surface area contributed by atoms with E-state index in [1.165, 1.54) is 18.4 Å². The summed E-state index contributed by atoms with van der Waals surface area (Å²) in [5.74, 6) is 0.986. The van der Waals surface area contributed by atoms with Gasteiger partial charge in [0.15, 0.2) is 0 Å². The number of hydrogen-bond donors (Lipinski definition) is 0. The van der Waals surface area contributed by atoms with Gasteiger partial charge < -0.3 is 4.74 Å². The third-order valence-electron chi connectivity index (χ3n) is 2.53. The van der Waals surface area contributed by atoms with E-state index in [9.17, 15) is 0 Å². The lowest BCUT2D eigenvalue weighted by Crippen LogP contribution is -1.96. The lowest BCUT2D eigenvalue weighted by Gasteiger charge is -2.06. The molecule has 0 N–H and O–H groups in total. The van der Waals surface area contributed by atoms with Gasteiger partial charge in [0.05, 0.1) is 6.61 Å². The molecular formula is C15H22O. The van der Waals surface area contributed by atoms with Crippen LogP contribution in [-0.4, -0.2) is 6.61 Å². The molecule has 0 radical (unpaired) electrons. The molecule has 0 amide bonds. The second kappa shape index (κ2) is 7.98. The van der Waals surface area contributed by atoms with Crippen LogP contribution < -0.4 is 4.74 Å². The van der Waals surface area contributed by atoms with Crippen molar-refractivity contribution in [2.75, 3.05) is 6.61 Å². The highest BCUT2D eigenvalue weighted by molar-refractivity contribution is 5.28. The van der Waals surface area contributed by atoms with Gasteiger partial charge in [-0.05, 0) is 37.5 Å². The number of unbranched alkanes of at least 4 members (excludes halogenated alkanes) is 2. The van der Waals surface area contributed by atoms with Gasteiger partial charge in [0.25, 0.3) is 0 Å². The summed E-state index contributed by atoms with van der Waals surface area (Å²) in [5, 5.41) is 0. The van der Waals surface area contributed by atoms with E-state index in [0.717, 1.165) is 25.2 Å². The Hall–Kier alpha value is -1.24. The number of rotatable bonds is 7. The molecule has 0 aliphatic carbocycles. The Bertz CT molecular complexity index is 298. The summed E-state index contributed by atoms with van der Waals surface area (Å²) in [6.07, 6.45) is 8.89. The Balaban J connectivity index is 2.33. The van der Waals surface area contributed by atoms with Gasteiger partial charge in [-0.3, -0.25) is 0 Å². The van der Waals surface area contributed by atoms with Crippen molar-refractivity contribution in [3.05, 3.63) is 42.0 Å². The van der Waals surface area contributed by atoms with Crippen LogP contribution in [0.5, 0.6) is 5.75 Å². The average Bonchev–Trinajstić information content (AvgIpc) is 2.33. The van der Waals surface area contributed by atoms with E-state index in [1.54, 1.807) is 0 Å². The predicted molar refractivity (Wildman–Crippen MR) is 70.0 cm³/mol. The molecule has 0 fully saturated rings. The summed E-state index contributed by atoms with van der Waals surface area (Å²) in [7, 11) is 0. The molecule has 0 aliphatic rings. The predicted octanol–water partition coefficient (Wildman–Crippen LogP) is 4.37. The second-order valence-corrected chi connectivity index (χ2v) is 3.97. The zero-order chi connectivity index (χ0) is 11.6. The molecule has 16 heavy (non-hydrogen) atoms. The van der Waals surface area contributed by atoms with E-state index >= 15 is 0 Å². The molecule has 1 aromatic rings. The Morgan fingerprint density at radius 1 is 1.12 bits per heavy atom. The van der Waals surface area contributed by atoms with Crippen LogP contribution in [0.25, 0.3) is 0 Å². The molecule has 1 rings (SSSR count). The molecular weight excluding hydrogens is 196 g/mol. The summed E-state index contributed by atoms with van der Waals surface area (Å²) < 4.78 is 5.65. The minimum atomic E-state index is 0.835. The zero-order valence-corrected chi connectivity index (χ0v) is 10.4. The van der Waals surface area contributed by atoms with E-state index in [4.69, 9.17) is 4.74 Å². The summed E-state index contributed by atoms with van der Waals surface area (Å²) in [4.78, 5) is 0. The number of benzene rings is 1. The topological polar surface area (TPSA) is 9.23 Å².